The quantitative estimate of drug-likeness (QED) is 0.307. The van der Waals surface area contributed by atoms with Gasteiger partial charge in [-0.2, -0.15) is 0 Å². The first-order valence-corrected chi connectivity index (χ1v) is 12.8. The van der Waals surface area contributed by atoms with Gasteiger partial charge in [0.1, 0.15) is 23.6 Å². The van der Waals surface area contributed by atoms with Crippen LogP contribution in [0.3, 0.4) is 0 Å². The summed E-state index contributed by atoms with van der Waals surface area (Å²) in [5.41, 5.74) is 3.51. The van der Waals surface area contributed by atoms with Crippen LogP contribution in [0.25, 0.3) is 21.9 Å². The Hall–Kier alpha value is -2.67. The average Bonchev–Trinajstić information content (AvgIpc) is 3.34. The van der Waals surface area contributed by atoms with E-state index in [0.29, 0.717) is 12.1 Å². The van der Waals surface area contributed by atoms with Crippen LogP contribution in [0.1, 0.15) is 50.1 Å². The molecule has 0 amide bonds. The molecule has 0 bridgehead atoms. The van der Waals surface area contributed by atoms with Crippen LogP contribution in [-0.2, 0) is 6.42 Å². The minimum absolute atomic E-state index is 0.527. The number of rotatable bonds is 7. The molecule has 3 aromatic heterocycles. The fourth-order valence-corrected chi connectivity index (χ4v) is 5.71. The molecule has 3 heterocycles. The Balaban J connectivity index is 1.13. The normalized spacial score (nSPS) is 20.5. The molecule has 33 heavy (non-hydrogen) atoms. The molecule has 2 aliphatic carbocycles. The number of aryl methyl sites for hydroxylation is 1. The Morgan fingerprint density at radius 2 is 1.97 bits per heavy atom. The summed E-state index contributed by atoms with van der Waals surface area (Å²) in [6.07, 6.45) is 12.4. The monoisotopic (exact) mass is 504 g/mol. The molecule has 6 nitrogen and oxygen atoms in total. The van der Waals surface area contributed by atoms with E-state index in [1.54, 1.807) is 6.33 Å². The van der Waals surface area contributed by atoms with Gasteiger partial charge in [-0.25, -0.2) is 15.0 Å². The number of hydrogen-bond donors (Lipinski definition) is 2. The van der Waals surface area contributed by atoms with Crippen molar-refractivity contribution < 1.29 is 0 Å². The maximum absolute atomic E-state index is 4.91. The number of nitrogens with one attached hydrogen (secondary N) is 2. The lowest BCUT2D eigenvalue weighted by Gasteiger charge is -2.15. The van der Waals surface area contributed by atoms with Gasteiger partial charge in [-0.15, -0.1) is 0 Å². The van der Waals surface area contributed by atoms with Gasteiger partial charge in [-0.1, -0.05) is 12.1 Å². The molecule has 0 saturated heterocycles. The molecule has 0 spiro atoms. The third-order valence-electron chi connectivity index (χ3n) is 7.25. The number of nitrogens with zero attached hydrogens (tertiary/aromatic N) is 4. The van der Waals surface area contributed by atoms with Gasteiger partial charge in [-0.3, -0.25) is 0 Å². The second-order valence-electron chi connectivity index (χ2n) is 9.57. The smallest absolute Gasteiger partial charge is 0.145 e. The Labute approximate surface area is 202 Å². The molecule has 2 N–H and O–H groups in total. The van der Waals surface area contributed by atoms with E-state index in [4.69, 9.17) is 4.98 Å². The summed E-state index contributed by atoms with van der Waals surface area (Å²) in [7, 11) is 1.91. The van der Waals surface area contributed by atoms with E-state index in [1.165, 1.54) is 49.5 Å². The molecule has 7 heteroatoms. The second kappa shape index (κ2) is 8.60. The van der Waals surface area contributed by atoms with Crippen LogP contribution in [0.4, 0.5) is 11.6 Å². The van der Waals surface area contributed by atoms with E-state index in [9.17, 15) is 0 Å². The Bertz CT molecular complexity index is 1310. The largest absolute Gasteiger partial charge is 0.372 e. The number of aromatic nitrogens is 4. The van der Waals surface area contributed by atoms with E-state index in [1.807, 2.05) is 7.05 Å². The van der Waals surface area contributed by atoms with Crippen molar-refractivity contribution in [3.8, 4) is 0 Å². The van der Waals surface area contributed by atoms with Gasteiger partial charge in [0.15, 0.2) is 0 Å². The second-order valence-corrected chi connectivity index (χ2v) is 10.4. The lowest BCUT2D eigenvalue weighted by Crippen LogP contribution is -2.06. The Morgan fingerprint density at radius 3 is 2.82 bits per heavy atom. The van der Waals surface area contributed by atoms with Crippen LogP contribution < -0.4 is 10.6 Å². The summed E-state index contributed by atoms with van der Waals surface area (Å²) < 4.78 is 3.42. The lowest BCUT2D eigenvalue weighted by molar-refractivity contribution is 0.461. The van der Waals surface area contributed by atoms with Crippen LogP contribution in [-0.4, -0.2) is 32.6 Å². The molecule has 6 rings (SSSR count). The highest BCUT2D eigenvalue weighted by atomic mass is 79.9. The van der Waals surface area contributed by atoms with Crippen LogP contribution in [0, 0.1) is 5.92 Å². The SMILES string of the molecule is CNc1ncnc2c1ccn2C1CCC(CCc2ccc3cc(Br)c(NC4CC4)nc3c2)C1. The first kappa shape index (κ1) is 20.9. The summed E-state index contributed by atoms with van der Waals surface area (Å²) in [6, 6.07) is 12.2. The van der Waals surface area contributed by atoms with Crippen molar-refractivity contribution >= 4 is 49.5 Å². The molecule has 170 valence electrons. The predicted octanol–water partition coefficient (Wildman–Crippen LogP) is 6.33. The molecule has 2 saturated carbocycles. The van der Waals surface area contributed by atoms with Crippen molar-refractivity contribution in [1.82, 2.24) is 19.5 Å². The number of hydrogen-bond acceptors (Lipinski definition) is 5. The highest BCUT2D eigenvalue weighted by molar-refractivity contribution is 9.10. The maximum Gasteiger partial charge on any atom is 0.145 e. The fourth-order valence-electron chi connectivity index (χ4n) is 5.26. The van der Waals surface area contributed by atoms with Crippen LogP contribution in [0.15, 0.2) is 47.3 Å². The first-order chi connectivity index (χ1) is 16.2. The maximum atomic E-state index is 4.91. The molecule has 2 atom stereocenters. The molecule has 0 aliphatic heterocycles. The zero-order valence-corrected chi connectivity index (χ0v) is 20.5. The molecule has 1 aromatic carbocycles. The summed E-state index contributed by atoms with van der Waals surface area (Å²) in [5, 5.41) is 9.01. The molecule has 2 fully saturated rings. The van der Waals surface area contributed by atoms with Gasteiger partial charge < -0.3 is 15.2 Å². The van der Waals surface area contributed by atoms with Crippen LogP contribution >= 0.6 is 15.9 Å². The third-order valence-corrected chi connectivity index (χ3v) is 7.85. The van der Waals surface area contributed by atoms with E-state index >= 15 is 0 Å². The highest BCUT2D eigenvalue weighted by Gasteiger charge is 2.27. The zero-order valence-electron chi connectivity index (χ0n) is 18.9. The van der Waals surface area contributed by atoms with Gasteiger partial charge >= 0.3 is 0 Å². The first-order valence-electron chi connectivity index (χ1n) is 12.0. The topological polar surface area (TPSA) is 67.7 Å². The Kier molecular flexibility index (Phi) is 5.45. The number of anilines is 2. The molecule has 2 unspecified atom stereocenters. The summed E-state index contributed by atoms with van der Waals surface area (Å²) in [4.78, 5) is 13.8. The van der Waals surface area contributed by atoms with E-state index in [2.05, 4.69) is 77.6 Å². The van der Waals surface area contributed by atoms with E-state index < -0.39 is 0 Å². The van der Waals surface area contributed by atoms with Crippen molar-refractivity contribution in [3.63, 3.8) is 0 Å². The predicted molar refractivity (Wildman–Crippen MR) is 138 cm³/mol. The molecular formula is C26H29BrN6. The number of benzene rings is 1. The minimum Gasteiger partial charge on any atom is -0.372 e. The summed E-state index contributed by atoms with van der Waals surface area (Å²) >= 11 is 3.67. The van der Waals surface area contributed by atoms with Crippen LogP contribution in [0.5, 0.6) is 0 Å². The highest BCUT2D eigenvalue weighted by Crippen LogP contribution is 2.39. The summed E-state index contributed by atoms with van der Waals surface area (Å²) in [5.74, 6) is 2.63. The molecule has 0 radical (unpaired) electrons. The van der Waals surface area contributed by atoms with Crippen molar-refractivity contribution in [1.29, 1.82) is 0 Å². The van der Waals surface area contributed by atoms with E-state index in [-0.39, 0.29) is 0 Å². The zero-order chi connectivity index (χ0) is 22.4. The van der Waals surface area contributed by atoms with Crippen molar-refractivity contribution in [2.45, 2.75) is 57.0 Å². The number of fused-ring (bicyclic) bond motifs is 2. The van der Waals surface area contributed by atoms with E-state index in [0.717, 1.165) is 45.0 Å². The molecule has 4 aromatic rings. The average molecular weight is 505 g/mol. The van der Waals surface area contributed by atoms with Gasteiger partial charge in [0.2, 0.25) is 0 Å². The standard InChI is InChI=1S/C26H29BrN6/c1-28-24-21-10-11-33(26(21)30-15-29-24)20-9-5-16(12-20)2-3-17-4-6-18-14-22(27)25(31-19-7-8-19)32-23(18)13-17/h4,6,10-11,13-16,19-20H,2-3,5,7-9,12H2,1H3,(H,31,32)(H,28,29,30). The van der Waals surface area contributed by atoms with Gasteiger partial charge in [0.25, 0.3) is 0 Å². The summed E-state index contributed by atoms with van der Waals surface area (Å²) in [6.45, 7) is 0. The Morgan fingerprint density at radius 1 is 1.06 bits per heavy atom. The minimum atomic E-state index is 0.527. The number of halogens is 1. The van der Waals surface area contributed by atoms with Crippen molar-refractivity contribution in [2.75, 3.05) is 17.7 Å². The van der Waals surface area contributed by atoms with Crippen LogP contribution in [0.2, 0.25) is 0 Å². The fraction of sp³-hybridized carbons (Fsp3) is 0.423. The van der Waals surface area contributed by atoms with Crippen molar-refractivity contribution in [2.24, 2.45) is 5.92 Å². The van der Waals surface area contributed by atoms with Gasteiger partial charge in [0.05, 0.1) is 15.4 Å². The number of pyridine rings is 1. The van der Waals surface area contributed by atoms with Gasteiger partial charge in [-0.05, 0) is 90.6 Å². The van der Waals surface area contributed by atoms with Crippen molar-refractivity contribution in [3.05, 3.63) is 52.9 Å². The van der Waals surface area contributed by atoms with Gasteiger partial charge in [0, 0.05) is 30.7 Å². The lowest BCUT2D eigenvalue weighted by atomic mass is 9.97. The third kappa shape index (κ3) is 4.19. The molecular weight excluding hydrogens is 476 g/mol. The molecule has 2 aliphatic rings.